The van der Waals surface area contributed by atoms with E-state index < -0.39 is 0 Å². The zero-order chi connectivity index (χ0) is 13.1. The molecular weight excluding hydrogens is 269 g/mol. The van der Waals surface area contributed by atoms with Gasteiger partial charge in [-0.1, -0.05) is 29.3 Å². The summed E-state index contributed by atoms with van der Waals surface area (Å²) < 4.78 is 0. The van der Waals surface area contributed by atoms with E-state index in [-0.39, 0.29) is 12.2 Å². The number of hydrogen-bond acceptors (Lipinski definition) is 2. The number of Topliss-reactive ketones (excluding diaryl/α,β-unsaturated/α-hetero) is 1. The second kappa shape index (κ2) is 5.51. The summed E-state index contributed by atoms with van der Waals surface area (Å²) in [6, 6.07) is 8.77. The Labute approximate surface area is 116 Å². The number of hydrogen-bond donors (Lipinski definition) is 0. The molecule has 0 N–H and O–H groups in total. The molecule has 0 amide bonds. The van der Waals surface area contributed by atoms with Gasteiger partial charge in [0.2, 0.25) is 0 Å². The molecule has 0 unspecified atom stereocenters. The first-order chi connectivity index (χ1) is 8.58. The highest BCUT2D eigenvalue weighted by Crippen LogP contribution is 2.25. The van der Waals surface area contributed by atoms with Crippen molar-refractivity contribution in [1.82, 2.24) is 4.98 Å². The molecule has 2 aromatic rings. The highest BCUT2D eigenvalue weighted by molar-refractivity contribution is 6.36. The smallest absolute Gasteiger partial charge is 0.168 e. The summed E-state index contributed by atoms with van der Waals surface area (Å²) in [5.41, 5.74) is 2.10. The van der Waals surface area contributed by atoms with Crippen molar-refractivity contribution in [3.8, 4) is 0 Å². The number of carbonyl (C=O) groups excluding carboxylic acids is 1. The summed E-state index contributed by atoms with van der Waals surface area (Å²) in [6.07, 6.45) is 1.76. The molecule has 0 aliphatic carbocycles. The molecular formula is C14H11Cl2NO. The van der Waals surface area contributed by atoms with E-state index in [1.54, 1.807) is 36.5 Å². The third kappa shape index (κ3) is 2.89. The predicted molar refractivity (Wildman–Crippen MR) is 73.5 cm³/mol. The lowest BCUT2D eigenvalue weighted by atomic mass is 10.0. The van der Waals surface area contributed by atoms with Crippen molar-refractivity contribution in [1.29, 1.82) is 0 Å². The van der Waals surface area contributed by atoms with Crippen molar-refractivity contribution in [2.75, 3.05) is 0 Å². The number of nitrogens with zero attached hydrogens (tertiary/aromatic N) is 1. The minimum Gasteiger partial charge on any atom is -0.294 e. The molecule has 4 heteroatoms. The van der Waals surface area contributed by atoms with E-state index >= 15 is 0 Å². The molecule has 2 rings (SSSR count). The van der Waals surface area contributed by atoms with E-state index in [0.717, 1.165) is 5.69 Å². The maximum atomic E-state index is 12.1. The van der Waals surface area contributed by atoms with Crippen LogP contribution in [0.4, 0.5) is 0 Å². The van der Waals surface area contributed by atoms with E-state index in [0.29, 0.717) is 21.2 Å². The van der Waals surface area contributed by atoms with Crippen LogP contribution in [-0.4, -0.2) is 10.8 Å². The van der Waals surface area contributed by atoms with Crippen molar-refractivity contribution in [2.24, 2.45) is 0 Å². The monoisotopic (exact) mass is 279 g/mol. The average molecular weight is 280 g/mol. The van der Waals surface area contributed by atoms with Crippen LogP contribution in [0.5, 0.6) is 0 Å². The number of carbonyl (C=O) groups is 1. The summed E-state index contributed by atoms with van der Waals surface area (Å²) in [6.45, 7) is 1.87. The van der Waals surface area contributed by atoms with Crippen molar-refractivity contribution < 1.29 is 4.79 Å². The zero-order valence-corrected chi connectivity index (χ0v) is 11.3. The standard InChI is InChI=1S/C14H11Cl2NO/c1-9-5-6-10(8-17-9)14(18)7-11-12(15)3-2-4-13(11)16/h2-6,8H,7H2,1H3. The molecule has 0 saturated heterocycles. The highest BCUT2D eigenvalue weighted by Gasteiger charge is 2.12. The van der Waals surface area contributed by atoms with Crippen LogP contribution in [0.15, 0.2) is 36.5 Å². The molecule has 1 aromatic heterocycles. The zero-order valence-electron chi connectivity index (χ0n) is 9.78. The van der Waals surface area contributed by atoms with Crippen molar-refractivity contribution in [2.45, 2.75) is 13.3 Å². The van der Waals surface area contributed by atoms with Crippen LogP contribution in [0.25, 0.3) is 0 Å². The molecule has 0 aliphatic rings. The molecule has 2 nitrogen and oxygen atoms in total. The minimum absolute atomic E-state index is 0.0440. The molecule has 0 saturated carbocycles. The predicted octanol–water partition coefficient (Wildman–Crippen LogP) is 4.12. The normalized spacial score (nSPS) is 10.4. The molecule has 0 bridgehead atoms. The van der Waals surface area contributed by atoms with Crippen LogP contribution in [0, 0.1) is 6.92 Å². The molecule has 1 aromatic carbocycles. The second-order valence-electron chi connectivity index (χ2n) is 3.99. The molecule has 0 fully saturated rings. The largest absolute Gasteiger partial charge is 0.294 e. The Balaban J connectivity index is 2.24. The average Bonchev–Trinajstić information content (AvgIpc) is 2.34. The van der Waals surface area contributed by atoms with Crippen LogP contribution in [0.3, 0.4) is 0 Å². The van der Waals surface area contributed by atoms with Gasteiger partial charge in [0.25, 0.3) is 0 Å². The van der Waals surface area contributed by atoms with Crippen LogP contribution in [0.1, 0.15) is 21.6 Å². The van der Waals surface area contributed by atoms with Gasteiger partial charge in [-0.25, -0.2) is 0 Å². The van der Waals surface area contributed by atoms with Gasteiger partial charge in [-0.05, 0) is 36.8 Å². The molecule has 1 heterocycles. The number of rotatable bonds is 3. The van der Waals surface area contributed by atoms with Gasteiger partial charge in [-0.3, -0.25) is 9.78 Å². The maximum Gasteiger partial charge on any atom is 0.168 e. The van der Waals surface area contributed by atoms with E-state index in [1.807, 2.05) is 6.92 Å². The first-order valence-electron chi connectivity index (χ1n) is 5.46. The molecule has 0 spiro atoms. The fourth-order valence-corrected chi connectivity index (χ4v) is 2.13. The summed E-state index contributed by atoms with van der Waals surface area (Å²) in [4.78, 5) is 16.2. The Hall–Kier alpha value is -1.38. The highest BCUT2D eigenvalue weighted by atomic mass is 35.5. The van der Waals surface area contributed by atoms with Gasteiger partial charge in [0, 0.05) is 33.9 Å². The Kier molecular flexibility index (Phi) is 4.00. The third-order valence-electron chi connectivity index (χ3n) is 2.63. The molecule has 0 radical (unpaired) electrons. The van der Waals surface area contributed by atoms with E-state index in [2.05, 4.69) is 4.98 Å². The van der Waals surface area contributed by atoms with Crippen molar-refractivity contribution in [3.05, 3.63) is 63.4 Å². The Morgan fingerprint density at radius 1 is 1.17 bits per heavy atom. The van der Waals surface area contributed by atoms with Gasteiger partial charge in [0.1, 0.15) is 0 Å². The van der Waals surface area contributed by atoms with Crippen molar-refractivity contribution >= 4 is 29.0 Å². The summed E-state index contributed by atoms with van der Waals surface area (Å²) in [7, 11) is 0. The quantitative estimate of drug-likeness (QED) is 0.791. The van der Waals surface area contributed by atoms with Crippen LogP contribution >= 0.6 is 23.2 Å². The Morgan fingerprint density at radius 2 is 1.83 bits per heavy atom. The Morgan fingerprint density at radius 3 is 2.39 bits per heavy atom. The van der Waals surface area contributed by atoms with Gasteiger partial charge < -0.3 is 0 Å². The van der Waals surface area contributed by atoms with Crippen LogP contribution in [0.2, 0.25) is 10.0 Å². The van der Waals surface area contributed by atoms with E-state index in [9.17, 15) is 4.79 Å². The third-order valence-corrected chi connectivity index (χ3v) is 3.34. The van der Waals surface area contributed by atoms with Crippen LogP contribution in [-0.2, 0) is 6.42 Å². The molecule has 0 aliphatic heterocycles. The lowest BCUT2D eigenvalue weighted by Crippen LogP contribution is -2.05. The second-order valence-corrected chi connectivity index (χ2v) is 4.80. The van der Waals surface area contributed by atoms with Crippen LogP contribution < -0.4 is 0 Å². The molecule has 0 atom stereocenters. The fraction of sp³-hybridized carbons (Fsp3) is 0.143. The topological polar surface area (TPSA) is 30.0 Å². The lowest BCUT2D eigenvalue weighted by molar-refractivity contribution is 0.0992. The number of aryl methyl sites for hydroxylation is 1. The first-order valence-corrected chi connectivity index (χ1v) is 6.22. The van der Waals surface area contributed by atoms with E-state index in [1.165, 1.54) is 0 Å². The van der Waals surface area contributed by atoms with E-state index in [4.69, 9.17) is 23.2 Å². The fourth-order valence-electron chi connectivity index (χ4n) is 1.60. The first kappa shape index (κ1) is 13.1. The maximum absolute atomic E-state index is 12.1. The lowest BCUT2D eigenvalue weighted by Gasteiger charge is -2.06. The molecule has 92 valence electrons. The summed E-state index contributed by atoms with van der Waals surface area (Å²) in [5.74, 6) is -0.0440. The summed E-state index contributed by atoms with van der Waals surface area (Å²) >= 11 is 12.1. The Bertz CT molecular complexity index is 559. The number of pyridine rings is 1. The van der Waals surface area contributed by atoms with Gasteiger partial charge in [-0.2, -0.15) is 0 Å². The van der Waals surface area contributed by atoms with Gasteiger partial charge in [-0.15, -0.1) is 0 Å². The number of aromatic nitrogens is 1. The SMILES string of the molecule is Cc1ccc(C(=O)Cc2c(Cl)cccc2Cl)cn1. The van der Waals surface area contributed by atoms with Crippen molar-refractivity contribution in [3.63, 3.8) is 0 Å². The minimum atomic E-state index is -0.0440. The van der Waals surface area contributed by atoms with Gasteiger partial charge in [0.05, 0.1) is 0 Å². The number of ketones is 1. The summed E-state index contributed by atoms with van der Waals surface area (Å²) in [5, 5.41) is 1.02. The van der Waals surface area contributed by atoms with Gasteiger partial charge in [0.15, 0.2) is 5.78 Å². The number of halogens is 2. The number of benzene rings is 1. The molecule has 18 heavy (non-hydrogen) atoms. The van der Waals surface area contributed by atoms with Gasteiger partial charge >= 0.3 is 0 Å².